The smallest absolute Gasteiger partial charge is 0.352 e. The van der Waals surface area contributed by atoms with Gasteiger partial charge in [0.1, 0.15) is 11.2 Å². The number of non-ortho nitro benzene ring substituents is 1. The van der Waals surface area contributed by atoms with Crippen LogP contribution in [0.2, 0.25) is 0 Å². The molecule has 0 bridgehead atoms. The van der Waals surface area contributed by atoms with E-state index in [0.717, 1.165) is 0 Å². The number of rotatable bonds is 7. The Balaban J connectivity index is 2.19. The van der Waals surface area contributed by atoms with Gasteiger partial charge < -0.3 is 29.2 Å². The van der Waals surface area contributed by atoms with Gasteiger partial charge in [0.25, 0.3) is 5.69 Å². The molecule has 0 amide bonds. The summed E-state index contributed by atoms with van der Waals surface area (Å²) in [5, 5.41) is 24.4. The SMILES string of the molecule is COc1cc(Nc2ccc([N+](=O)[O-])c3c2cc(C(=O)O)n3C)cc(OC)c1OC. The highest BCUT2D eigenvalue weighted by Gasteiger charge is 2.23. The summed E-state index contributed by atoms with van der Waals surface area (Å²) in [5.74, 6) is 0.0811. The molecule has 0 aliphatic carbocycles. The van der Waals surface area contributed by atoms with E-state index in [-0.39, 0.29) is 16.9 Å². The maximum atomic E-state index is 11.5. The van der Waals surface area contributed by atoms with Crippen LogP contribution in [0.5, 0.6) is 17.2 Å². The molecule has 0 unspecified atom stereocenters. The average Bonchev–Trinajstić information content (AvgIpc) is 3.05. The van der Waals surface area contributed by atoms with Gasteiger partial charge in [0.05, 0.1) is 26.3 Å². The molecule has 2 N–H and O–H groups in total. The van der Waals surface area contributed by atoms with Crippen LogP contribution in [0, 0.1) is 10.1 Å². The molecule has 0 saturated carbocycles. The molecule has 0 atom stereocenters. The maximum Gasteiger partial charge on any atom is 0.352 e. The highest BCUT2D eigenvalue weighted by atomic mass is 16.6. The number of benzene rings is 2. The first kappa shape index (κ1) is 19.8. The van der Waals surface area contributed by atoms with Crippen LogP contribution >= 0.6 is 0 Å². The fourth-order valence-electron chi connectivity index (χ4n) is 3.22. The maximum absolute atomic E-state index is 11.5. The summed E-state index contributed by atoms with van der Waals surface area (Å²) in [6.07, 6.45) is 0. The number of ether oxygens (including phenoxy) is 3. The van der Waals surface area contributed by atoms with E-state index in [4.69, 9.17) is 14.2 Å². The number of nitro benzene ring substituents is 1. The Morgan fingerprint density at radius 1 is 1.10 bits per heavy atom. The molecule has 10 nitrogen and oxygen atoms in total. The lowest BCUT2D eigenvalue weighted by molar-refractivity contribution is -0.383. The van der Waals surface area contributed by atoms with Gasteiger partial charge in [-0.05, 0) is 12.1 Å². The fourth-order valence-corrected chi connectivity index (χ4v) is 3.22. The van der Waals surface area contributed by atoms with Crippen LogP contribution in [0.25, 0.3) is 10.9 Å². The van der Waals surface area contributed by atoms with E-state index in [1.54, 1.807) is 12.1 Å². The van der Waals surface area contributed by atoms with Crippen LogP contribution in [-0.2, 0) is 7.05 Å². The minimum Gasteiger partial charge on any atom is -0.493 e. The predicted octanol–water partition coefficient (Wildman–Crippen LogP) is 3.55. The van der Waals surface area contributed by atoms with E-state index in [9.17, 15) is 20.0 Å². The topological polar surface area (TPSA) is 125 Å². The second-order valence-electron chi connectivity index (χ2n) is 6.08. The summed E-state index contributed by atoms with van der Waals surface area (Å²) in [6.45, 7) is 0. The summed E-state index contributed by atoms with van der Waals surface area (Å²) < 4.78 is 17.3. The van der Waals surface area contributed by atoms with E-state index in [0.29, 0.717) is 34.0 Å². The summed E-state index contributed by atoms with van der Waals surface area (Å²) in [5.41, 5.74) is 0.996. The Hall–Kier alpha value is -3.95. The van der Waals surface area contributed by atoms with Crippen molar-refractivity contribution in [3.8, 4) is 17.2 Å². The molecular weight excluding hydrogens is 382 g/mol. The molecule has 3 rings (SSSR count). The predicted molar refractivity (Wildman–Crippen MR) is 106 cm³/mol. The Bertz CT molecular complexity index is 1100. The van der Waals surface area contributed by atoms with Gasteiger partial charge in [0, 0.05) is 42.0 Å². The Labute approximate surface area is 165 Å². The second kappa shape index (κ2) is 7.58. The Morgan fingerprint density at radius 3 is 2.21 bits per heavy atom. The number of nitro groups is 1. The summed E-state index contributed by atoms with van der Waals surface area (Å²) >= 11 is 0. The van der Waals surface area contributed by atoms with E-state index in [2.05, 4.69) is 5.32 Å². The lowest BCUT2D eigenvalue weighted by atomic mass is 10.1. The third-order valence-electron chi connectivity index (χ3n) is 4.53. The normalized spacial score (nSPS) is 10.6. The zero-order valence-electron chi connectivity index (χ0n) is 16.2. The van der Waals surface area contributed by atoms with Crippen LogP contribution < -0.4 is 19.5 Å². The van der Waals surface area contributed by atoms with Crippen LogP contribution in [-0.4, -0.2) is 41.9 Å². The van der Waals surface area contributed by atoms with E-state index in [1.807, 2.05) is 0 Å². The third-order valence-corrected chi connectivity index (χ3v) is 4.53. The standard InChI is InChI=1S/C19H19N3O7/c1-21-14(19(23)24)9-11-12(5-6-13(17(11)21)22(25)26)20-10-7-15(27-2)18(29-4)16(8-10)28-3/h5-9,20H,1-4H3,(H,23,24). The number of hydrogen-bond donors (Lipinski definition) is 2. The highest BCUT2D eigenvalue weighted by molar-refractivity contribution is 6.04. The van der Waals surface area contributed by atoms with E-state index < -0.39 is 10.9 Å². The summed E-state index contributed by atoms with van der Waals surface area (Å²) in [7, 11) is 5.94. The monoisotopic (exact) mass is 401 g/mol. The molecule has 152 valence electrons. The number of aromatic nitrogens is 1. The van der Waals surface area contributed by atoms with Crippen molar-refractivity contribution in [2.45, 2.75) is 0 Å². The number of fused-ring (bicyclic) bond motifs is 1. The average molecular weight is 401 g/mol. The number of anilines is 2. The zero-order valence-corrected chi connectivity index (χ0v) is 16.2. The van der Waals surface area contributed by atoms with Crippen molar-refractivity contribution in [3.05, 3.63) is 46.1 Å². The van der Waals surface area contributed by atoms with Gasteiger partial charge in [0.15, 0.2) is 11.5 Å². The van der Waals surface area contributed by atoms with Crippen molar-refractivity contribution in [2.75, 3.05) is 26.6 Å². The molecule has 0 saturated heterocycles. The third kappa shape index (κ3) is 3.35. The van der Waals surface area contributed by atoms with E-state index >= 15 is 0 Å². The molecular formula is C19H19N3O7. The first-order valence-electron chi connectivity index (χ1n) is 8.39. The van der Waals surface area contributed by atoms with Crippen LogP contribution in [0.1, 0.15) is 10.5 Å². The molecule has 0 aliphatic rings. The number of methoxy groups -OCH3 is 3. The number of hydrogen-bond acceptors (Lipinski definition) is 7. The summed E-state index contributed by atoms with van der Waals surface area (Å²) in [6, 6.07) is 7.60. The fraction of sp³-hybridized carbons (Fsp3) is 0.211. The van der Waals surface area contributed by atoms with E-state index in [1.165, 1.54) is 51.1 Å². The van der Waals surface area contributed by atoms with Crippen molar-refractivity contribution >= 4 is 33.9 Å². The van der Waals surface area contributed by atoms with Crippen LogP contribution in [0.4, 0.5) is 17.1 Å². The molecule has 0 spiro atoms. The molecule has 10 heteroatoms. The Kier molecular flexibility index (Phi) is 5.18. The van der Waals surface area contributed by atoms with Gasteiger partial charge >= 0.3 is 5.97 Å². The first-order valence-corrected chi connectivity index (χ1v) is 8.39. The van der Waals surface area contributed by atoms with Gasteiger partial charge in [-0.2, -0.15) is 0 Å². The number of aromatic carboxylic acids is 1. The summed E-state index contributed by atoms with van der Waals surface area (Å²) in [4.78, 5) is 22.4. The molecule has 1 aromatic heterocycles. The molecule has 0 aliphatic heterocycles. The van der Waals surface area contributed by atoms with Gasteiger partial charge in [-0.3, -0.25) is 10.1 Å². The minimum atomic E-state index is -1.18. The Morgan fingerprint density at radius 2 is 1.72 bits per heavy atom. The molecule has 3 aromatic rings. The molecule has 29 heavy (non-hydrogen) atoms. The first-order chi connectivity index (χ1) is 13.8. The number of nitrogens with zero attached hydrogens (tertiary/aromatic N) is 2. The number of carbonyl (C=O) groups is 1. The number of carboxylic acids is 1. The lowest BCUT2D eigenvalue weighted by Crippen LogP contribution is -2.04. The molecule has 2 aromatic carbocycles. The zero-order chi connectivity index (χ0) is 21.3. The number of carboxylic acid groups (broad SMARTS) is 1. The van der Waals surface area contributed by atoms with Gasteiger partial charge in [0.2, 0.25) is 5.75 Å². The second-order valence-corrected chi connectivity index (χ2v) is 6.08. The van der Waals surface area contributed by atoms with Crippen molar-refractivity contribution in [2.24, 2.45) is 7.05 Å². The van der Waals surface area contributed by atoms with Gasteiger partial charge in [-0.15, -0.1) is 0 Å². The minimum absolute atomic E-state index is 0.0674. The van der Waals surface area contributed by atoms with Crippen molar-refractivity contribution < 1.29 is 29.0 Å². The number of aryl methyl sites for hydroxylation is 1. The lowest BCUT2D eigenvalue weighted by Gasteiger charge is -2.15. The van der Waals surface area contributed by atoms with Crippen molar-refractivity contribution in [1.82, 2.24) is 4.57 Å². The van der Waals surface area contributed by atoms with Crippen molar-refractivity contribution in [3.63, 3.8) is 0 Å². The highest BCUT2D eigenvalue weighted by Crippen LogP contribution is 2.42. The number of nitrogens with one attached hydrogen (secondary N) is 1. The van der Waals surface area contributed by atoms with Gasteiger partial charge in [-0.25, -0.2) is 4.79 Å². The van der Waals surface area contributed by atoms with Crippen molar-refractivity contribution in [1.29, 1.82) is 0 Å². The quantitative estimate of drug-likeness (QED) is 0.455. The molecule has 1 heterocycles. The largest absolute Gasteiger partial charge is 0.493 e. The van der Waals surface area contributed by atoms with Crippen LogP contribution in [0.3, 0.4) is 0 Å². The molecule has 0 radical (unpaired) electrons. The molecule has 0 fully saturated rings. The van der Waals surface area contributed by atoms with Crippen LogP contribution in [0.15, 0.2) is 30.3 Å². The van der Waals surface area contributed by atoms with Gasteiger partial charge in [-0.1, -0.05) is 0 Å².